The van der Waals surface area contributed by atoms with Gasteiger partial charge in [-0.3, -0.25) is 9.78 Å². The lowest BCUT2D eigenvalue weighted by molar-refractivity contribution is -0.132. The SMILES string of the molecule is O=C(CCC1CCCC1)N(Cc1ccncc1)C1CC1. The van der Waals surface area contributed by atoms with Crippen LogP contribution in [0.4, 0.5) is 0 Å². The number of carbonyl (C=O) groups excluding carboxylic acids is 1. The normalized spacial score (nSPS) is 19.2. The highest BCUT2D eigenvalue weighted by Crippen LogP contribution is 2.32. The van der Waals surface area contributed by atoms with Gasteiger partial charge in [-0.05, 0) is 42.9 Å². The quantitative estimate of drug-likeness (QED) is 0.793. The van der Waals surface area contributed by atoms with Gasteiger partial charge < -0.3 is 4.90 Å². The second-order valence-electron chi connectivity index (χ2n) is 6.30. The summed E-state index contributed by atoms with van der Waals surface area (Å²) in [7, 11) is 0. The van der Waals surface area contributed by atoms with Gasteiger partial charge in [0.15, 0.2) is 0 Å². The molecule has 108 valence electrons. The van der Waals surface area contributed by atoms with Gasteiger partial charge in [0.25, 0.3) is 0 Å². The van der Waals surface area contributed by atoms with Crippen LogP contribution in [-0.2, 0) is 11.3 Å². The van der Waals surface area contributed by atoms with Crippen molar-refractivity contribution in [1.29, 1.82) is 0 Å². The largest absolute Gasteiger partial charge is 0.335 e. The summed E-state index contributed by atoms with van der Waals surface area (Å²) >= 11 is 0. The van der Waals surface area contributed by atoms with Gasteiger partial charge in [0, 0.05) is 31.4 Å². The Hall–Kier alpha value is -1.38. The highest BCUT2D eigenvalue weighted by molar-refractivity contribution is 5.76. The van der Waals surface area contributed by atoms with E-state index in [-0.39, 0.29) is 0 Å². The monoisotopic (exact) mass is 272 g/mol. The summed E-state index contributed by atoms with van der Waals surface area (Å²) in [5.74, 6) is 1.16. The van der Waals surface area contributed by atoms with E-state index < -0.39 is 0 Å². The van der Waals surface area contributed by atoms with Crippen LogP contribution in [0, 0.1) is 5.92 Å². The molecule has 0 spiro atoms. The summed E-state index contributed by atoms with van der Waals surface area (Å²) in [6, 6.07) is 4.53. The molecule has 3 nitrogen and oxygen atoms in total. The Morgan fingerprint density at radius 3 is 2.50 bits per heavy atom. The van der Waals surface area contributed by atoms with Gasteiger partial charge in [-0.25, -0.2) is 0 Å². The maximum atomic E-state index is 12.5. The third-order valence-electron chi connectivity index (χ3n) is 4.65. The Morgan fingerprint density at radius 1 is 1.15 bits per heavy atom. The van der Waals surface area contributed by atoms with Crippen LogP contribution in [0.25, 0.3) is 0 Å². The Kier molecular flexibility index (Phi) is 4.34. The fourth-order valence-electron chi connectivity index (χ4n) is 3.26. The van der Waals surface area contributed by atoms with E-state index in [9.17, 15) is 4.79 Å². The van der Waals surface area contributed by atoms with E-state index in [2.05, 4.69) is 9.88 Å². The number of aromatic nitrogens is 1. The Morgan fingerprint density at radius 2 is 1.85 bits per heavy atom. The van der Waals surface area contributed by atoms with Gasteiger partial charge in [0.05, 0.1) is 0 Å². The van der Waals surface area contributed by atoms with Crippen molar-refractivity contribution in [3.63, 3.8) is 0 Å². The predicted molar refractivity (Wildman–Crippen MR) is 79.0 cm³/mol. The fraction of sp³-hybridized carbons (Fsp3) is 0.647. The summed E-state index contributed by atoms with van der Waals surface area (Å²) in [6.45, 7) is 0.761. The smallest absolute Gasteiger partial charge is 0.223 e. The fourth-order valence-corrected chi connectivity index (χ4v) is 3.26. The van der Waals surface area contributed by atoms with Gasteiger partial charge >= 0.3 is 0 Å². The molecular formula is C17H24N2O. The van der Waals surface area contributed by atoms with E-state index in [0.717, 1.165) is 25.3 Å². The second kappa shape index (κ2) is 6.38. The van der Waals surface area contributed by atoms with Crippen LogP contribution in [0.3, 0.4) is 0 Å². The summed E-state index contributed by atoms with van der Waals surface area (Å²) in [5.41, 5.74) is 1.20. The molecule has 1 heterocycles. The summed E-state index contributed by atoms with van der Waals surface area (Å²) in [6.07, 6.45) is 13.2. The standard InChI is InChI=1S/C17H24N2O/c20-17(8-5-14-3-1-2-4-14)19(16-6-7-16)13-15-9-11-18-12-10-15/h9-12,14,16H,1-8,13H2. The summed E-state index contributed by atoms with van der Waals surface area (Å²) in [4.78, 5) is 18.6. The number of hydrogen-bond acceptors (Lipinski definition) is 2. The van der Waals surface area contributed by atoms with Crippen molar-refractivity contribution in [3.8, 4) is 0 Å². The average molecular weight is 272 g/mol. The minimum Gasteiger partial charge on any atom is -0.335 e. The van der Waals surface area contributed by atoms with Crippen molar-refractivity contribution in [2.75, 3.05) is 0 Å². The average Bonchev–Trinajstić information content (AvgIpc) is 3.19. The molecule has 2 fully saturated rings. The highest BCUT2D eigenvalue weighted by Gasteiger charge is 2.32. The molecule has 3 heteroatoms. The lowest BCUT2D eigenvalue weighted by Crippen LogP contribution is -2.32. The zero-order valence-corrected chi connectivity index (χ0v) is 12.1. The number of amides is 1. The van der Waals surface area contributed by atoms with Crippen LogP contribution < -0.4 is 0 Å². The van der Waals surface area contributed by atoms with Crippen molar-refractivity contribution in [1.82, 2.24) is 9.88 Å². The molecule has 0 atom stereocenters. The van der Waals surface area contributed by atoms with Crippen LogP contribution in [-0.4, -0.2) is 21.8 Å². The van der Waals surface area contributed by atoms with Crippen molar-refractivity contribution < 1.29 is 4.79 Å². The molecule has 0 radical (unpaired) electrons. The Balaban J connectivity index is 1.54. The van der Waals surface area contributed by atoms with Crippen molar-refractivity contribution in [2.24, 2.45) is 5.92 Å². The summed E-state index contributed by atoms with van der Waals surface area (Å²) in [5, 5.41) is 0. The molecule has 2 saturated carbocycles. The van der Waals surface area contributed by atoms with E-state index in [1.165, 1.54) is 44.1 Å². The van der Waals surface area contributed by atoms with Crippen LogP contribution in [0.2, 0.25) is 0 Å². The molecule has 0 aromatic carbocycles. The molecule has 2 aliphatic rings. The van der Waals surface area contributed by atoms with Crippen LogP contribution in [0.1, 0.15) is 56.9 Å². The zero-order valence-electron chi connectivity index (χ0n) is 12.1. The number of carbonyl (C=O) groups is 1. The number of hydrogen-bond donors (Lipinski definition) is 0. The third-order valence-corrected chi connectivity index (χ3v) is 4.65. The lowest BCUT2D eigenvalue weighted by atomic mass is 10.0. The van der Waals surface area contributed by atoms with Gasteiger partial charge in [-0.2, -0.15) is 0 Å². The highest BCUT2D eigenvalue weighted by atomic mass is 16.2. The first-order valence-corrected chi connectivity index (χ1v) is 8.01. The maximum Gasteiger partial charge on any atom is 0.223 e. The third kappa shape index (κ3) is 3.59. The number of pyridine rings is 1. The first-order chi connectivity index (χ1) is 9.83. The molecule has 1 aromatic heterocycles. The molecule has 0 saturated heterocycles. The maximum absolute atomic E-state index is 12.5. The van der Waals surface area contributed by atoms with Crippen LogP contribution in [0.15, 0.2) is 24.5 Å². The summed E-state index contributed by atoms with van der Waals surface area (Å²) < 4.78 is 0. The van der Waals surface area contributed by atoms with E-state index in [1.54, 1.807) is 0 Å². The topological polar surface area (TPSA) is 33.2 Å². The van der Waals surface area contributed by atoms with Crippen molar-refractivity contribution in [3.05, 3.63) is 30.1 Å². The molecular weight excluding hydrogens is 248 g/mol. The van der Waals surface area contributed by atoms with Crippen molar-refractivity contribution >= 4 is 5.91 Å². The van der Waals surface area contributed by atoms with Crippen LogP contribution in [0.5, 0.6) is 0 Å². The molecule has 2 aliphatic carbocycles. The van der Waals surface area contributed by atoms with Crippen molar-refractivity contribution in [2.45, 2.75) is 64.0 Å². The van der Waals surface area contributed by atoms with Gasteiger partial charge in [0.2, 0.25) is 5.91 Å². The predicted octanol–water partition coefficient (Wildman–Crippen LogP) is 3.54. The number of nitrogens with zero attached hydrogens (tertiary/aromatic N) is 2. The zero-order chi connectivity index (χ0) is 13.8. The van der Waals surface area contributed by atoms with Gasteiger partial charge in [0.1, 0.15) is 0 Å². The van der Waals surface area contributed by atoms with E-state index >= 15 is 0 Å². The lowest BCUT2D eigenvalue weighted by Gasteiger charge is -2.23. The molecule has 0 unspecified atom stereocenters. The minimum atomic E-state index is 0.358. The first-order valence-electron chi connectivity index (χ1n) is 8.01. The Bertz CT molecular complexity index is 436. The molecule has 20 heavy (non-hydrogen) atoms. The van der Waals surface area contributed by atoms with E-state index in [4.69, 9.17) is 0 Å². The molecule has 1 amide bonds. The molecule has 1 aromatic rings. The van der Waals surface area contributed by atoms with Gasteiger partial charge in [-0.1, -0.05) is 25.7 Å². The first kappa shape index (κ1) is 13.6. The molecule has 0 aliphatic heterocycles. The van der Waals surface area contributed by atoms with E-state index in [0.29, 0.717) is 11.9 Å². The molecule has 0 N–H and O–H groups in total. The number of rotatable bonds is 6. The van der Waals surface area contributed by atoms with Gasteiger partial charge in [-0.15, -0.1) is 0 Å². The second-order valence-corrected chi connectivity index (χ2v) is 6.30. The Labute approximate surface area is 121 Å². The molecule has 3 rings (SSSR count). The van der Waals surface area contributed by atoms with E-state index in [1.807, 2.05) is 24.5 Å². The molecule has 0 bridgehead atoms. The minimum absolute atomic E-state index is 0.358. The van der Waals surface area contributed by atoms with Crippen LogP contribution >= 0.6 is 0 Å².